The van der Waals surface area contributed by atoms with Crippen LogP contribution in [0.25, 0.3) is 0 Å². The molecule has 0 heterocycles. The molecule has 0 fully saturated rings. The van der Waals surface area contributed by atoms with Gasteiger partial charge >= 0.3 is 0 Å². The Labute approximate surface area is 199 Å². The molecule has 0 saturated heterocycles. The van der Waals surface area contributed by atoms with Crippen LogP contribution >= 0.6 is 15.9 Å². The molecule has 32 heavy (non-hydrogen) atoms. The molecular formula is C23H30BrN3O4S. The Morgan fingerprint density at radius 3 is 2.16 bits per heavy atom. The fourth-order valence-corrected chi connectivity index (χ4v) is 4.38. The molecule has 0 saturated carbocycles. The van der Waals surface area contributed by atoms with Crippen LogP contribution in [0.2, 0.25) is 0 Å². The Bertz CT molecular complexity index is 1060. The second kappa shape index (κ2) is 11.0. The summed E-state index contributed by atoms with van der Waals surface area (Å²) in [6, 6.07) is 13.5. The zero-order valence-corrected chi connectivity index (χ0v) is 21.4. The van der Waals surface area contributed by atoms with Gasteiger partial charge in [0.25, 0.3) is 0 Å². The number of rotatable bonds is 9. The zero-order chi connectivity index (χ0) is 24.1. The van der Waals surface area contributed by atoms with Gasteiger partial charge in [-0.15, -0.1) is 0 Å². The number of amides is 2. The quantitative estimate of drug-likeness (QED) is 0.545. The van der Waals surface area contributed by atoms with Crippen LogP contribution in [0.1, 0.15) is 31.9 Å². The Hall–Kier alpha value is -2.39. The van der Waals surface area contributed by atoms with E-state index in [1.165, 1.54) is 4.90 Å². The first kappa shape index (κ1) is 25.9. The topological polar surface area (TPSA) is 86.8 Å². The highest BCUT2D eigenvalue weighted by Crippen LogP contribution is 2.23. The van der Waals surface area contributed by atoms with Crippen LogP contribution < -0.4 is 9.62 Å². The molecule has 0 spiro atoms. The fourth-order valence-electron chi connectivity index (χ4n) is 3.21. The molecular weight excluding hydrogens is 494 g/mol. The van der Waals surface area contributed by atoms with Crippen molar-refractivity contribution in [3.05, 3.63) is 64.1 Å². The summed E-state index contributed by atoms with van der Waals surface area (Å²) in [7, 11) is -3.73. The minimum Gasteiger partial charge on any atom is -0.352 e. The van der Waals surface area contributed by atoms with Gasteiger partial charge < -0.3 is 10.2 Å². The lowest BCUT2D eigenvalue weighted by molar-refractivity contribution is -0.139. The average Bonchev–Trinajstić information content (AvgIpc) is 2.70. The van der Waals surface area contributed by atoms with Crippen molar-refractivity contribution in [1.82, 2.24) is 10.2 Å². The monoisotopic (exact) mass is 523 g/mol. The molecule has 0 aromatic heterocycles. The highest BCUT2D eigenvalue weighted by Gasteiger charge is 2.30. The molecule has 0 bridgehead atoms. The lowest BCUT2D eigenvalue weighted by Crippen LogP contribution is -2.52. The third kappa shape index (κ3) is 7.06. The average molecular weight is 524 g/mol. The van der Waals surface area contributed by atoms with Crippen LogP contribution in [0.5, 0.6) is 0 Å². The summed E-state index contributed by atoms with van der Waals surface area (Å²) in [5, 5.41) is 2.82. The number of aryl methyl sites for hydroxylation is 1. The molecule has 1 atom stereocenters. The largest absolute Gasteiger partial charge is 0.352 e. The molecule has 0 unspecified atom stereocenters. The van der Waals surface area contributed by atoms with Crippen molar-refractivity contribution in [3.63, 3.8) is 0 Å². The Balaban J connectivity index is 2.39. The molecule has 0 aliphatic heterocycles. The van der Waals surface area contributed by atoms with Crippen molar-refractivity contribution >= 4 is 43.5 Å². The molecule has 7 nitrogen and oxygen atoms in total. The van der Waals surface area contributed by atoms with E-state index in [1.54, 1.807) is 38.1 Å². The van der Waals surface area contributed by atoms with E-state index < -0.39 is 28.5 Å². The number of benzene rings is 2. The van der Waals surface area contributed by atoms with Gasteiger partial charge in [0.15, 0.2) is 0 Å². The third-order valence-corrected chi connectivity index (χ3v) is 6.58. The number of nitrogens with one attached hydrogen (secondary N) is 1. The Morgan fingerprint density at radius 2 is 1.62 bits per heavy atom. The molecule has 9 heteroatoms. The summed E-state index contributed by atoms with van der Waals surface area (Å²) in [6.07, 6.45) is 1.07. The number of hydrogen-bond donors (Lipinski definition) is 1. The second-order valence-corrected chi connectivity index (χ2v) is 10.9. The molecule has 174 valence electrons. The maximum Gasteiger partial charge on any atom is 0.244 e. The Morgan fingerprint density at radius 1 is 1.03 bits per heavy atom. The first-order valence-corrected chi connectivity index (χ1v) is 12.9. The van der Waals surface area contributed by atoms with Gasteiger partial charge in [0.05, 0.1) is 11.9 Å². The fraction of sp³-hybridized carbons (Fsp3) is 0.391. The maximum absolute atomic E-state index is 13.4. The molecule has 2 aromatic carbocycles. The van der Waals surface area contributed by atoms with Crippen LogP contribution in [-0.2, 0) is 26.2 Å². The lowest BCUT2D eigenvalue weighted by atomic mass is 10.1. The van der Waals surface area contributed by atoms with E-state index in [1.807, 2.05) is 38.1 Å². The molecule has 1 N–H and O–H groups in total. The second-order valence-electron chi connectivity index (χ2n) is 8.04. The van der Waals surface area contributed by atoms with Gasteiger partial charge in [-0.1, -0.05) is 46.3 Å². The van der Waals surface area contributed by atoms with Gasteiger partial charge in [0, 0.05) is 17.1 Å². The number of carbonyl (C=O) groups is 2. The maximum atomic E-state index is 13.4. The van der Waals surface area contributed by atoms with E-state index in [4.69, 9.17) is 0 Å². The van der Waals surface area contributed by atoms with E-state index in [9.17, 15) is 18.0 Å². The number of anilines is 1. The highest BCUT2D eigenvalue weighted by atomic mass is 79.9. The molecule has 2 amide bonds. The molecule has 2 rings (SSSR count). The summed E-state index contributed by atoms with van der Waals surface area (Å²) < 4.78 is 27.1. The molecule has 0 aliphatic carbocycles. The standard InChI is InChI=1S/C23H30BrN3O4S/c1-16(2)25-23(29)18(4)26(14-19-10-12-20(24)13-11-19)22(28)15-27(32(5,30)31)21-9-7-6-8-17(21)3/h6-13,16,18H,14-15H2,1-5H3,(H,25,29)/t18-/m1/s1. The molecule has 0 aliphatic rings. The lowest BCUT2D eigenvalue weighted by Gasteiger charge is -2.32. The zero-order valence-electron chi connectivity index (χ0n) is 19.0. The van der Waals surface area contributed by atoms with Gasteiger partial charge in [-0.3, -0.25) is 13.9 Å². The Kier molecular flexibility index (Phi) is 8.86. The number of hydrogen-bond acceptors (Lipinski definition) is 4. The van der Waals surface area contributed by atoms with Crippen LogP contribution in [0.15, 0.2) is 53.0 Å². The predicted octanol–water partition coefficient (Wildman–Crippen LogP) is 3.47. The van der Waals surface area contributed by atoms with Crippen molar-refractivity contribution < 1.29 is 18.0 Å². The SMILES string of the molecule is Cc1ccccc1N(CC(=O)N(Cc1ccc(Br)cc1)[C@H](C)C(=O)NC(C)C)S(C)(=O)=O. The predicted molar refractivity (Wildman–Crippen MR) is 131 cm³/mol. The van der Waals surface area contributed by atoms with E-state index in [0.717, 1.165) is 26.2 Å². The number of halogens is 1. The van der Waals surface area contributed by atoms with Crippen molar-refractivity contribution in [3.8, 4) is 0 Å². The van der Waals surface area contributed by atoms with Gasteiger partial charge in [-0.05, 0) is 57.0 Å². The number of sulfonamides is 1. The highest BCUT2D eigenvalue weighted by molar-refractivity contribution is 9.10. The van der Waals surface area contributed by atoms with Gasteiger partial charge in [0.2, 0.25) is 21.8 Å². The van der Waals surface area contributed by atoms with Crippen LogP contribution in [0.4, 0.5) is 5.69 Å². The minimum absolute atomic E-state index is 0.0888. The summed E-state index contributed by atoms with van der Waals surface area (Å²) in [5.41, 5.74) is 1.99. The van der Waals surface area contributed by atoms with Crippen molar-refractivity contribution in [1.29, 1.82) is 0 Å². The summed E-state index contributed by atoms with van der Waals surface area (Å²) >= 11 is 3.39. The van der Waals surface area contributed by atoms with Crippen molar-refractivity contribution in [2.24, 2.45) is 0 Å². The molecule has 2 aromatic rings. The summed E-state index contributed by atoms with van der Waals surface area (Å²) in [5.74, 6) is -0.764. The first-order chi connectivity index (χ1) is 14.9. The van der Waals surface area contributed by atoms with E-state index >= 15 is 0 Å². The smallest absolute Gasteiger partial charge is 0.244 e. The first-order valence-electron chi connectivity index (χ1n) is 10.3. The van der Waals surface area contributed by atoms with E-state index in [-0.39, 0.29) is 18.5 Å². The van der Waals surface area contributed by atoms with Crippen LogP contribution in [0, 0.1) is 6.92 Å². The number of nitrogens with zero attached hydrogens (tertiary/aromatic N) is 2. The number of para-hydroxylation sites is 1. The van der Waals surface area contributed by atoms with Crippen molar-refractivity contribution in [2.75, 3.05) is 17.1 Å². The minimum atomic E-state index is -3.73. The van der Waals surface area contributed by atoms with E-state index in [2.05, 4.69) is 21.2 Å². The van der Waals surface area contributed by atoms with Crippen LogP contribution in [0.3, 0.4) is 0 Å². The third-order valence-electron chi connectivity index (χ3n) is 4.93. The van der Waals surface area contributed by atoms with Crippen molar-refractivity contribution in [2.45, 2.75) is 46.3 Å². The normalized spacial score (nSPS) is 12.3. The summed E-state index contributed by atoms with van der Waals surface area (Å²) in [6.45, 7) is 6.89. The van der Waals surface area contributed by atoms with E-state index in [0.29, 0.717) is 5.69 Å². The van der Waals surface area contributed by atoms with Crippen LogP contribution in [-0.4, -0.2) is 50.0 Å². The molecule has 0 radical (unpaired) electrons. The van der Waals surface area contributed by atoms with Gasteiger partial charge in [0.1, 0.15) is 12.6 Å². The van der Waals surface area contributed by atoms with Gasteiger partial charge in [-0.2, -0.15) is 0 Å². The van der Waals surface area contributed by atoms with Gasteiger partial charge in [-0.25, -0.2) is 8.42 Å². The summed E-state index contributed by atoms with van der Waals surface area (Å²) in [4.78, 5) is 27.5. The number of carbonyl (C=O) groups excluding carboxylic acids is 2.